The van der Waals surface area contributed by atoms with Gasteiger partial charge in [-0.05, 0) is 50.9 Å². The Kier molecular flexibility index (Phi) is 5.66. The van der Waals surface area contributed by atoms with Crippen molar-refractivity contribution in [2.75, 3.05) is 25.5 Å². The first-order valence-corrected chi connectivity index (χ1v) is 9.48. The number of primary amides is 1. The number of likely N-dealkylation sites (tertiary alicyclic amines) is 1. The highest BCUT2D eigenvalue weighted by Gasteiger charge is 2.42. The molecule has 1 amide bonds. The number of aldehydes is 1. The van der Waals surface area contributed by atoms with Gasteiger partial charge in [0.15, 0.2) is 0 Å². The predicted molar refractivity (Wildman–Crippen MR) is 106 cm³/mol. The summed E-state index contributed by atoms with van der Waals surface area (Å²) >= 11 is 0. The van der Waals surface area contributed by atoms with E-state index >= 15 is 0 Å². The van der Waals surface area contributed by atoms with Gasteiger partial charge < -0.3 is 20.7 Å². The molecule has 1 aliphatic heterocycles. The van der Waals surface area contributed by atoms with Crippen LogP contribution in [0.5, 0.6) is 0 Å². The Hall–Kier alpha value is -2.92. The van der Waals surface area contributed by atoms with Crippen LogP contribution in [0.4, 0.5) is 5.69 Å². The van der Waals surface area contributed by atoms with Gasteiger partial charge in [-0.1, -0.05) is 6.92 Å². The molecule has 3 N–H and O–H groups in total. The average Bonchev–Trinajstić information content (AvgIpc) is 3.33. The van der Waals surface area contributed by atoms with Crippen molar-refractivity contribution in [3.05, 3.63) is 30.1 Å². The Morgan fingerprint density at radius 2 is 2.25 bits per heavy atom. The molecule has 28 heavy (non-hydrogen) atoms. The van der Waals surface area contributed by atoms with E-state index in [1.807, 2.05) is 24.4 Å². The number of likely N-dealkylation sites (N-methyl/N-ethyl adjacent to an activating group) is 1. The summed E-state index contributed by atoms with van der Waals surface area (Å²) in [6.45, 7) is 4.30. The van der Waals surface area contributed by atoms with Crippen LogP contribution in [-0.4, -0.2) is 52.9 Å². The first-order valence-electron chi connectivity index (χ1n) is 9.48. The van der Waals surface area contributed by atoms with E-state index in [9.17, 15) is 9.59 Å². The maximum atomic E-state index is 11.7. The normalized spacial score (nSPS) is 23.2. The first-order chi connectivity index (χ1) is 13.4. The van der Waals surface area contributed by atoms with Crippen LogP contribution in [0.3, 0.4) is 0 Å². The number of amides is 1. The number of nitrogens with two attached hydrogens (primary N) is 1. The minimum atomic E-state index is -0.542. The molecule has 1 saturated carbocycles. The third-order valence-corrected chi connectivity index (χ3v) is 5.56. The molecule has 1 aliphatic carbocycles. The highest BCUT2D eigenvalue weighted by atomic mass is 16.1. The van der Waals surface area contributed by atoms with E-state index < -0.39 is 11.3 Å². The molecular formula is C20H26N6O2. The Balaban J connectivity index is 0.000000271. The van der Waals surface area contributed by atoms with Crippen molar-refractivity contribution in [1.82, 2.24) is 14.5 Å². The van der Waals surface area contributed by atoms with Gasteiger partial charge in [-0.15, -0.1) is 0 Å². The lowest BCUT2D eigenvalue weighted by Crippen LogP contribution is -2.45. The second-order valence-corrected chi connectivity index (χ2v) is 7.80. The molecule has 0 aromatic carbocycles. The Morgan fingerprint density at radius 1 is 1.50 bits per heavy atom. The van der Waals surface area contributed by atoms with Gasteiger partial charge in [0.25, 0.3) is 5.91 Å². The quantitative estimate of drug-likeness (QED) is 0.777. The minimum absolute atomic E-state index is 0.294. The first kappa shape index (κ1) is 19.8. The van der Waals surface area contributed by atoms with E-state index in [-0.39, 0.29) is 0 Å². The van der Waals surface area contributed by atoms with Gasteiger partial charge in [0.05, 0.1) is 29.0 Å². The topological polar surface area (TPSA) is 117 Å². The Morgan fingerprint density at radius 3 is 2.82 bits per heavy atom. The van der Waals surface area contributed by atoms with Crippen LogP contribution in [0, 0.1) is 22.7 Å². The summed E-state index contributed by atoms with van der Waals surface area (Å²) in [5, 5.41) is 15.9. The van der Waals surface area contributed by atoms with Crippen LogP contribution in [0.25, 0.3) is 5.52 Å². The fourth-order valence-corrected chi connectivity index (χ4v) is 3.33. The standard InChI is InChI=1S/C15H21N5O.C5H5NO/c1-10-5-7-19(2)9-12(10)18-14-11(15(16)21)8-17-20-6-3-4-13(14)20;6-3-5(4-7)1-2-5/h3-4,6,8,10,12,18H,5,7,9H2,1-2H3,(H2,16,21);4H,1-2H2. The third kappa shape index (κ3) is 4.15. The minimum Gasteiger partial charge on any atom is -0.378 e. The number of carbonyl (C=O) groups is 2. The van der Waals surface area contributed by atoms with Crippen LogP contribution in [-0.2, 0) is 4.79 Å². The van der Waals surface area contributed by atoms with Gasteiger partial charge in [-0.25, -0.2) is 4.52 Å². The SMILES string of the molecule is CC1CCN(C)CC1Nc1c(C(N)=O)cnn2cccc12.N#CC1(C=O)CC1. The Bertz CT molecular complexity index is 911. The second kappa shape index (κ2) is 7.98. The fourth-order valence-electron chi connectivity index (χ4n) is 3.33. The lowest BCUT2D eigenvalue weighted by atomic mass is 9.93. The summed E-state index contributed by atoms with van der Waals surface area (Å²) in [5.41, 5.74) is 7.08. The molecule has 2 unspecified atom stereocenters. The monoisotopic (exact) mass is 382 g/mol. The van der Waals surface area contributed by atoms with Crippen molar-refractivity contribution in [3.63, 3.8) is 0 Å². The van der Waals surface area contributed by atoms with Gasteiger partial charge in [0, 0.05) is 18.8 Å². The van der Waals surface area contributed by atoms with Gasteiger partial charge in [0.2, 0.25) is 0 Å². The number of hydrogen-bond donors (Lipinski definition) is 2. The molecule has 2 aromatic heterocycles. The summed E-state index contributed by atoms with van der Waals surface area (Å²) in [6, 6.07) is 6.08. The van der Waals surface area contributed by atoms with Gasteiger partial charge in [-0.3, -0.25) is 4.79 Å². The van der Waals surface area contributed by atoms with Crippen LogP contribution >= 0.6 is 0 Å². The number of fused-ring (bicyclic) bond motifs is 1. The fraction of sp³-hybridized carbons (Fsp3) is 0.500. The number of rotatable bonds is 4. The highest BCUT2D eigenvalue weighted by molar-refractivity contribution is 6.01. The summed E-state index contributed by atoms with van der Waals surface area (Å²) in [5.74, 6) is 0.0932. The van der Waals surface area contributed by atoms with Crippen LogP contribution in [0.15, 0.2) is 24.5 Å². The molecular weight excluding hydrogens is 356 g/mol. The predicted octanol–water partition coefficient (Wildman–Crippen LogP) is 1.67. The van der Waals surface area contributed by atoms with Crippen molar-refractivity contribution in [1.29, 1.82) is 5.26 Å². The Labute approximate surface area is 164 Å². The molecule has 0 bridgehead atoms. The molecule has 3 heterocycles. The molecule has 2 atom stereocenters. The maximum Gasteiger partial charge on any atom is 0.252 e. The van der Waals surface area contributed by atoms with Gasteiger partial charge in [-0.2, -0.15) is 10.4 Å². The molecule has 148 valence electrons. The number of hydrogen-bond acceptors (Lipinski definition) is 6. The zero-order valence-corrected chi connectivity index (χ0v) is 16.3. The van der Waals surface area contributed by atoms with E-state index in [0.717, 1.165) is 49.8 Å². The van der Waals surface area contributed by atoms with E-state index in [4.69, 9.17) is 11.0 Å². The number of aromatic nitrogens is 2. The number of piperidine rings is 1. The molecule has 0 spiro atoms. The molecule has 4 rings (SSSR count). The number of anilines is 1. The van der Waals surface area contributed by atoms with Crippen molar-refractivity contribution in [2.24, 2.45) is 17.1 Å². The molecule has 8 nitrogen and oxygen atoms in total. The molecule has 2 fully saturated rings. The van der Waals surface area contributed by atoms with Crippen molar-refractivity contribution < 1.29 is 9.59 Å². The summed E-state index contributed by atoms with van der Waals surface area (Å²) in [6.07, 6.45) is 6.83. The number of carbonyl (C=O) groups excluding carboxylic acids is 2. The number of nitrogens with one attached hydrogen (secondary N) is 1. The molecule has 2 aromatic rings. The largest absolute Gasteiger partial charge is 0.378 e. The van der Waals surface area contributed by atoms with E-state index in [2.05, 4.69) is 29.3 Å². The van der Waals surface area contributed by atoms with Crippen LogP contribution in [0.1, 0.15) is 36.5 Å². The van der Waals surface area contributed by atoms with Crippen LogP contribution < -0.4 is 11.1 Å². The van der Waals surface area contributed by atoms with E-state index in [1.54, 1.807) is 4.52 Å². The van der Waals surface area contributed by atoms with Crippen molar-refractivity contribution in [3.8, 4) is 6.07 Å². The number of nitriles is 1. The third-order valence-electron chi connectivity index (χ3n) is 5.56. The zero-order valence-electron chi connectivity index (χ0n) is 16.3. The van der Waals surface area contributed by atoms with Crippen molar-refractivity contribution >= 4 is 23.4 Å². The summed E-state index contributed by atoms with van der Waals surface area (Å²) in [4.78, 5) is 23.9. The smallest absolute Gasteiger partial charge is 0.252 e. The van der Waals surface area contributed by atoms with Crippen LogP contribution in [0.2, 0.25) is 0 Å². The number of nitrogens with zero attached hydrogens (tertiary/aromatic N) is 4. The van der Waals surface area contributed by atoms with Crippen molar-refractivity contribution in [2.45, 2.75) is 32.2 Å². The summed E-state index contributed by atoms with van der Waals surface area (Å²) in [7, 11) is 2.12. The molecule has 8 heteroatoms. The lowest BCUT2D eigenvalue weighted by molar-refractivity contribution is -0.110. The zero-order chi connectivity index (χ0) is 20.3. The maximum absolute atomic E-state index is 11.7. The lowest BCUT2D eigenvalue weighted by Gasteiger charge is -2.36. The van der Waals surface area contributed by atoms with Gasteiger partial charge >= 0.3 is 0 Å². The molecule has 2 aliphatic rings. The molecule has 1 saturated heterocycles. The average molecular weight is 382 g/mol. The summed E-state index contributed by atoms with van der Waals surface area (Å²) < 4.78 is 1.76. The second-order valence-electron chi connectivity index (χ2n) is 7.80. The van der Waals surface area contributed by atoms with Gasteiger partial charge in [0.1, 0.15) is 11.7 Å². The molecule has 0 radical (unpaired) electrons. The van der Waals surface area contributed by atoms with E-state index in [1.165, 1.54) is 6.20 Å². The highest BCUT2D eigenvalue weighted by Crippen LogP contribution is 2.42. The van der Waals surface area contributed by atoms with E-state index in [0.29, 0.717) is 17.5 Å².